The van der Waals surface area contributed by atoms with Crippen LogP contribution in [0.4, 0.5) is 10.6 Å². The molecule has 1 saturated carbocycles. The fourth-order valence-electron chi connectivity index (χ4n) is 4.85. The van der Waals surface area contributed by atoms with Gasteiger partial charge in [-0.3, -0.25) is 0 Å². The van der Waals surface area contributed by atoms with Gasteiger partial charge in [-0.1, -0.05) is 30.9 Å². The van der Waals surface area contributed by atoms with Crippen molar-refractivity contribution >= 4 is 22.8 Å². The third-order valence-electron chi connectivity index (χ3n) is 6.60. The molecule has 4 rings (SSSR count). The number of hydrogen-bond donors (Lipinski definition) is 1. The number of rotatable bonds is 6. The maximum Gasteiger partial charge on any atom is 0.409 e. The predicted molar refractivity (Wildman–Crippen MR) is 126 cm³/mol. The first-order valence-corrected chi connectivity index (χ1v) is 11.9. The summed E-state index contributed by atoms with van der Waals surface area (Å²) >= 11 is 0. The van der Waals surface area contributed by atoms with Crippen molar-refractivity contribution in [3.63, 3.8) is 0 Å². The van der Waals surface area contributed by atoms with Gasteiger partial charge in [-0.15, -0.1) is 0 Å². The Kier molecular flexibility index (Phi) is 7.28. The number of pyridine rings is 1. The monoisotopic (exact) mass is 424 g/mol. The van der Waals surface area contributed by atoms with Crippen molar-refractivity contribution in [3.05, 3.63) is 35.4 Å². The molecule has 31 heavy (non-hydrogen) atoms. The number of nitrogens with one attached hydrogen (secondary N) is 1. The molecule has 0 bridgehead atoms. The van der Waals surface area contributed by atoms with Crippen molar-refractivity contribution in [1.82, 2.24) is 15.2 Å². The average molecular weight is 425 g/mol. The second kappa shape index (κ2) is 10.3. The van der Waals surface area contributed by atoms with Gasteiger partial charge >= 0.3 is 6.09 Å². The van der Waals surface area contributed by atoms with Crippen LogP contribution in [-0.4, -0.2) is 55.3 Å². The first-order chi connectivity index (χ1) is 15.1. The summed E-state index contributed by atoms with van der Waals surface area (Å²) in [5.74, 6) is 1.86. The topological polar surface area (TPSA) is 57.7 Å². The van der Waals surface area contributed by atoms with Crippen LogP contribution >= 0.6 is 0 Å². The highest BCUT2D eigenvalue weighted by atomic mass is 16.6. The average Bonchev–Trinajstić information content (AvgIpc) is 2.79. The lowest BCUT2D eigenvalue weighted by Crippen LogP contribution is -2.49. The number of amides is 1. The zero-order valence-electron chi connectivity index (χ0n) is 19.0. The van der Waals surface area contributed by atoms with E-state index in [0.29, 0.717) is 19.7 Å². The number of fused-ring (bicyclic) bond motifs is 1. The normalized spacial score (nSPS) is 17.9. The predicted octanol–water partition coefficient (Wildman–Crippen LogP) is 4.49. The minimum atomic E-state index is -0.210. The number of carbonyl (C=O) groups excluding carboxylic acids is 1. The molecule has 2 fully saturated rings. The summed E-state index contributed by atoms with van der Waals surface area (Å²) in [6, 6.07) is 8.76. The van der Waals surface area contributed by atoms with Gasteiger partial charge in [-0.25, -0.2) is 9.78 Å². The molecule has 6 heteroatoms. The molecule has 0 spiro atoms. The van der Waals surface area contributed by atoms with E-state index in [1.807, 2.05) is 6.92 Å². The maximum absolute atomic E-state index is 12.1. The van der Waals surface area contributed by atoms with Crippen LogP contribution in [0, 0.1) is 12.8 Å². The largest absolute Gasteiger partial charge is 0.450 e. The number of aryl methyl sites for hydroxylation is 1. The molecule has 1 aliphatic heterocycles. The molecule has 1 aromatic carbocycles. The lowest BCUT2D eigenvalue weighted by atomic mass is 9.89. The van der Waals surface area contributed by atoms with Crippen LogP contribution in [0.1, 0.15) is 50.2 Å². The maximum atomic E-state index is 12.1. The summed E-state index contributed by atoms with van der Waals surface area (Å²) in [6.07, 6.45) is 6.64. The molecular weight excluding hydrogens is 388 g/mol. The molecule has 1 aliphatic carbocycles. The molecular formula is C25H36N4O2. The van der Waals surface area contributed by atoms with Crippen LogP contribution in [0.15, 0.2) is 24.3 Å². The van der Waals surface area contributed by atoms with Gasteiger partial charge < -0.3 is 19.9 Å². The molecule has 2 heterocycles. The Bertz CT molecular complexity index is 886. The van der Waals surface area contributed by atoms with Crippen LogP contribution in [0.5, 0.6) is 0 Å². The molecule has 168 valence electrons. The fraction of sp³-hybridized carbons (Fsp3) is 0.600. The van der Waals surface area contributed by atoms with E-state index < -0.39 is 0 Å². The molecule has 0 radical (unpaired) electrons. The minimum Gasteiger partial charge on any atom is -0.450 e. The second-order valence-corrected chi connectivity index (χ2v) is 8.98. The summed E-state index contributed by atoms with van der Waals surface area (Å²) in [5.41, 5.74) is 3.54. The first-order valence-electron chi connectivity index (χ1n) is 11.9. The summed E-state index contributed by atoms with van der Waals surface area (Å²) in [4.78, 5) is 21.3. The third-order valence-corrected chi connectivity index (χ3v) is 6.60. The van der Waals surface area contributed by atoms with Crippen molar-refractivity contribution in [2.45, 2.75) is 52.5 Å². The molecule has 1 saturated heterocycles. The quantitative estimate of drug-likeness (QED) is 0.740. The van der Waals surface area contributed by atoms with Crippen molar-refractivity contribution in [2.75, 3.05) is 44.2 Å². The van der Waals surface area contributed by atoms with Crippen LogP contribution in [0.25, 0.3) is 10.9 Å². The third kappa shape index (κ3) is 5.48. The Hall–Kier alpha value is -2.34. The van der Waals surface area contributed by atoms with Crippen molar-refractivity contribution in [3.8, 4) is 0 Å². The number of benzene rings is 1. The number of nitrogens with zero attached hydrogens (tertiary/aromatic N) is 3. The van der Waals surface area contributed by atoms with E-state index in [-0.39, 0.29) is 6.09 Å². The van der Waals surface area contributed by atoms with E-state index in [4.69, 9.17) is 9.72 Å². The van der Waals surface area contributed by atoms with Gasteiger partial charge in [-0.05, 0) is 57.4 Å². The molecule has 6 nitrogen and oxygen atoms in total. The summed E-state index contributed by atoms with van der Waals surface area (Å²) < 4.78 is 5.17. The summed E-state index contributed by atoms with van der Waals surface area (Å²) in [5, 5.41) is 4.92. The van der Waals surface area contributed by atoms with Gasteiger partial charge in [0.15, 0.2) is 0 Å². The molecule has 2 aliphatic rings. The molecule has 0 atom stereocenters. The standard InChI is InChI=1S/C25H36N4O2/c1-3-31-25(30)29-13-11-28(12-14-29)24-22(18-26-17-20-7-5-4-6-8-20)16-21-15-19(2)9-10-23(21)27-24/h9-10,15-16,20,26H,3-8,11-14,17-18H2,1-2H3. The van der Waals surface area contributed by atoms with E-state index in [1.165, 1.54) is 48.6 Å². The zero-order chi connectivity index (χ0) is 21.6. The number of anilines is 1. The van der Waals surface area contributed by atoms with Gasteiger partial charge in [0, 0.05) is 43.7 Å². The lowest BCUT2D eigenvalue weighted by molar-refractivity contribution is 0.105. The van der Waals surface area contributed by atoms with E-state index in [0.717, 1.165) is 43.4 Å². The fourth-order valence-corrected chi connectivity index (χ4v) is 4.85. The molecule has 2 aromatic rings. The minimum absolute atomic E-state index is 0.210. The van der Waals surface area contributed by atoms with Crippen molar-refractivity contribution in [2.24, 2.45) is 5.92 Å². The highest BCUT2D eigenvalue weighted by Crippen LogP contribution is 2.27. The highest BCUT2D eigenvalue weighted by molar-refractivity contribution is 5.82. The number of ether oxygens (including phenoxy) is 1. The van der Waals surface area contributed by atoms with Crippen LogP contribution in [0.2, 0.25) is 0 Å². The first kappa shape index (κ1) is 21.9. The Labute approximate surface area is 186 Å². The Morgan fingerprint density at radius 1 is 1.13 bits per heavy atom. The SMILES string of the molecule is CCOC(=O)N1CCN(c2nc3ccc(C)cc3cc2CNCC2CCCCC2)CC1. The summed E-state index contributed by atoms with van der Waals surface area (Å²) in [6.45, 7) is 9.20. The van der Waals surface area contributed by atoms with Gasteiger partial charge in [-0.2, -0.15) is 0 Å². The summed E-state index contributed by atoms with van der Waals surface area (Å²) in [7, 11) is 0. The van der Waals surface area contributed by atoms with Gasteiger partial charge in [0.05, 0.1) is 12.1 Å². The number of carbonyl (C=O) groups is 1. The smallest absolute Gasteiger partial charge is 0.409 e. The Balaban J connectivity index is 1.49. The molecule has 1 amide bonds. The molecule has 1 aromatic heterocycles. The van der Waals surface area contributed by atoms with E-state index >= 15 is 0 Å². The van der Waals surface area contributed by atoms with Gasteiger partial charge in [0.25, 0.3) is 0 Å². The van der Waals surface area contributed by atoms with Crippen molar-refractivity contribution < 1.29 is 9.53 Å². The molecule has 1 N–H and O–H groups in total. The number of aromatic nitrogens is 1. The lowest BCUT2D eigenvalue weighted by Gasteiger charge is -2.35. The van der Waals surface area contributed by atoms with Crippen molar-refractivity contribution in [1.29, 1.82) is 0 Å². The van der Waals surface area contributed by atoms with Crippen LogP contribution in [-0.2, 0) is 11.3 Å². The van der Waals surface area contributed by atoms with Crippen LogP contribution in [0.3, 0.4) is 0 Å². The number of piperazine rings is 1. The van der Waals surface area contributed by atoms with Crippen LogP contribution < -0.4 is 10.2 Å². The molecule has 0 unspecified atom stereocenters. The van der Waals surface area contributed by atoms with E-state index in [1.54, 1.807) is 4.90 Å². The zero-order valence-corrected chi connectivity index (χ0v) is 19.0. The van der Waals surface area contributed by atoms with Gasteiger partial charge in [0.1, 0.15) is 5.82 Å². The van der Waals surface area contributed by atoms with E-state index in [9.17, 15) is 4.79 Å². The number of hydrogen-bond acceptors (Lipinski definition) is 5. The van der Waals surface area contributed by atoms with E-state index in [2.05, 4.69) is 41.4 Å². The highest BCUT2D eigenvalue weighted by Gasteiger charge is 2.24. The Morgan fingerprint density at radius 3 is 2.65 bits per heavy atom. The second-order valence-electron chi connectivity index (χ2n) is 8.98. The Morgan fingerprint density at radius 2 is 1.90 bits per heavy atom. The van der Waals surface area contributed by atoms with Gasteiger partial charge in [0.2, 0.25) is 0 Å².